The summed E-state index contributed by atoms with van der Waals surface area (Å²) in [6.45, 7) is 1.29. The highest BCUT2D eigenvalue weighted by molar-refractivity contribution is 5.94. The molecule has 1 atom stereocenters. The van der Waals surface area contributed by atoms with E-state index in [1.54, 1.807) is 6.08 Å². The van der Waals surface area contributed by atoms with Crippen molar-refractivity contribution in [2.45, 2.75) is 13.0 Å². The molecule has 1 aromatic carbocycles. The van der Waals surface area contributed by atoms with Crippen LogP contribution in [0.4, 0.5) is 0 Å². The van der Waals surface area contributed by atoms with Gasteiger partial charge in [0.15, 0.2) is 6.04 Å². The fourth-order valence-corrected chi connectivity index (χ4v) is 1.35. The van der Waals surface area contributed by atoms with E-state index >= 15 is 0 Å². The van der Waals surface area contributed by atoms with E-state index in [2.05, 4.69) is 5.32 Å². The molecule has 0 aliphatic heterocycles. The first-order chi connectivity index (χ1) is 8.52. The van der Waals surface area contributed by atoms with Crippen molar-refractivity contribution in [2.75, 3.05) is 6.61 Å². The van der Waals surface area contributed by atoms with Gasteiger partial charge >= 0.3 is 5.97 Å². The highest BCUT2D eigenvalue weighted by Gasteiger charge is 2.16. The number of benzene rings is 1. The van der Waals surface area contributed by atoms with E-state index in [0.29, 0.717) is 0 Å². The van der Waals surface area contributed by atoms with Gasteiger partial charge in [0.05, 0.1) is 6.61 Å². The van der Waals surface area contributed by atoms with E-state index in [1.807, 2.05) is 31.2 Å². The van der Waals surface area contributed by atoms with Crippen LogP contribution in [0.15, 0.2) is 30.3 Å². The zero-order valence-corrected chi connectivity index (χ0v) is 9.96. The minimum atomic E-state index is -1.28. The van der Waals surface area contributed by atoms with Crippen molar-refractivity contribution in [3.05, 3.63) is 41.5 Å². The van der Waals surface area contributed by atoms with E-state index in [1.165, 1.54) is 6.08 Å². The topological polar surface area (TPSA) is 86.6 Å². The molecule has 0 aliphatic carbocycles. The lowest BCUT2D eigenvalue weighted by Gasteiger charge is -2.09. The Labute approximate surface area is 105 Å². The lowest BCUT2D eigenvalue weighted by molar-refractivity contribution is -0.142. The van der Waals surface area contributed by atoms with Crippen molar-refractivity contribution in [3.63, 3.8) is 0 Å². The Morgan fingerprint density at radius 3 is 2.72 bits per heavy atom. The summed E-state index contributed by atoms with van der Waals surface area (Å²) in [5, 5.41) is 19.6. The van der Waals surface area contributed by atoms with Crippen molar-refractivity contribution in [2.24, 2.45) is 0 Å². The van der Waals surface area contributed by atoms with Gasteiger partial charge in [-0.1, -0.05) is 29.8 Å². The largest absolute Gasteiger partial charge is 0.480 e. The van der Waals surface area contributed by atoms with Crippen LogP contribution in [0.2, 0.25) is 0 Å². The molecule has 1 rings (SSSR count). The molecule has 0 aromatic heterocycles. The normalized spacial score (nSPS) is 12.3. The minimum absolute atomic E-state index is 0.557. The standard InChI is InChI=1S/C13H15NO4/c1-9-3-2-4-10(7-9)5-6-12(16)14-11(8-15)13(17)18/h2-7,11,15H,8H2,1H3,(H,14,16)(H,17,18)/b6-5+. The summed E-state index contributed by atoms with van der Waals surface area (Å²) in [4.78, 5) is 22.0. The number of aliphatic hydroxyl groups excluding tert-OH is 1. The monoisotopic (exact) mass is 249 g/mol. The van der Waals surface area contributed by atoms with Crippen LogP contribution in [0, 0.1) is 6.92 Å². The first kappa shape index (κ1) is 13.9. The van der Waals surface area contributed by atoms with Gasteiger partial charge in [-0.05, 0) is 18.6 Å². The molecule has 0 aliphatic rings. The number of hydrogen-bond acceptors (Lipinski definition) is 3. The van der Waals surface area contributed by atoms with Gasteiger partial charge in [-0.25, -0.2) is 4.79 Å². The molecule has 96 valence electrons. The fourth-order valence-electron chi connectivity index (χ4n) is 1.35. The highest BCUT2D eigenvalue weighted by atomic mass is 16.4. The summed E-state index contributed by atoms with van der Waals surface area (Å²) < 4.78 is 0. The molecule has 0 radical (unpaired) electrons. The van der Waals surface area contributed by atoms with Gasteiger partial charge in [-0.15, -0.1) is 0 Å². The number of carboxylic acids is 1. The molecular formula is C13H15NO4. The Balaban J connectivity index is 2.62. The number of carbonyl (C=O) groups excluding carboxylic acids is 1. The summed E-state index contributed by atoms with van der Waals surface area (Å²) in [5.74, 6) is -1.83. The molecule has 1 unspecified atom stereocenters. The molecule has 0 saturated heterocycles. The van der Waals surface area contributed by atoms with Gasteiger partial charge in [0, 0.05) is 6.08 Å². The molecule has 0 bridgehead atoms. The van der Waals surface area contributed by atoms with Crippen LogP contribution in [0.5, 0.6) is 0 Å². The van der Waals surface area contributed by atoms with E-state index in [9.17, 15) is 9.59 Å². The molecule has 0 fully saturated rings. The highest BCUT2D eigenvalue weighted by Crippen LogP contribution is 2.05. The molecule has 1 amide bonds. The maximum absolute atomic E-state index is 11.4. The molecule has 5 heteroatoms. The Morgan fingerprint density at radius 2 is 2.17 bits per heavy atom. The number of nitrogens with one attached hydrogen (secondary N) is 1. The van der Waals surface area contributed by atoms with Crippen molar-refractivity contribution in [3.8, 4) is 0 Å². The second-order valence-corrected chi connectivity index (χ2v) is 3.83. The minimum Gasteiger partial charge on any atom is -0.480 e. The molecule has 0 heterocycles. The van der Waals surface area contributed by atoms with Gasteiger partial charge in [0.25, 0.3) is 0 Å². The van der Waals surface area contributed by atoms with Crippen LogP contribution < -0.4 is 5.32 Å². The zero-order chi connectivity index (χ0) is 13.5. The van der Waals surface area contributed by atoms with Crippen molar-refractivity contribution in [1.29, 1.82) is 0 Å². The Hall–Kier alpha value is -2.14. The summed E-state index contributed by atoms with van der Waals surface area (Å²) in [6, 6.07) is 6.24. The van der Waals surface area contributed by atoms with Crippen LogP contribution in [-0.4, -0.2) is 34.7 Å². The SMILES string of the molecule is Cc1cccc(/C=C/C(=O)NC(CO)C(=O)O)c1. The maximum atomic E-state index is 11.4. The third kappa shape index (κ3) is 4.39. The predicted molar refractivity (Wildman–Crippen MR) is 66.9 cm³/mol. The summed E-state index contributed by atoms with van der Waals surface area (Å²) in [5.41, 5.74) is 1.91. The molecule has 0 spiro atoms. The van der Waals surface area contributed by atoms with E-state index < -0.39 is 24.5 Å². The van der Waals surface area contributed by atoms with Crippen molar-refractivity contribution in [1.82, 2.24) is 5.32 Å². The number of aliphatic carboxylic acids is 1. The molecule has 5 nitrogen and oxygen atoms in total. The first-order valence-corrected chi connectivity index (χ1v) is 5.42. The summed E-state index contributed by atoms with van der Waals surface area (Å²) in [7, 11) is 0. The Bertz CT molecular complexity index is 468. The number of hydrogen-bond donors (Lipinski definition) is 3. The second kappa shape index (κ2) is 6.56. The molecule has 1 aromatic rings. The molecular weight excluding hydrogens is 234 g/mol. The third-order valence-corrected chi connectivity index (χ3v) is 2.27. The van der Waals surface area contributed by atoms with Gasteiger partial charge in [0.1, 0.15) is 0 Å². The second-order valence-electron chi connectivity index (χ2n) is 3.83. The van der Waals surface area contributed by atoms with Crippen LogP contribution in [0.25, 0.3) is 6.08 Å². The van der Waals surface area contributed by atoms with Crippen molar-refractivity contribution >= 4 is 18.0 Å². The summed E-state index contributed by atoms with van der Waals surface area (Å²) >= 11 is 0. The number of aliphatic hydroxyl groups is 1. The van der Waals surface area contributed by atoms with Crippen molar-refractivity contribution < 1.29 is 19.8 Å². The Morgan fingerprint density at radius 1 is 1.44 bits per heavy atom. The van der Waals surface area contributed by atoms with Gasteiger partial charge in [0.2, 0.25) is 5.91 Å². The lowest BCUT2D eigenvalue weighted by atomic mass is 10.1. The molecule has 0 saturated carbocycles. The average molecular weight is 249 g/mol. The van der Waals surface area contributed by atoms with Gasteiger partial charge in [-0.2, -0.15) is 0 Å². The number of amides is 1. The average Bonchev–Trinajstić information content (AvgIpc) is 2.33. The number of carboxylic acid groups (broad SMARTS) is 1. The zero-order valence-electron chi connectivity index (χ0n) is 9.96. The maximum Gasteiger partial charge on any atom is 0.328 e. The van der Waals surface area contributed by atoms with E-state index in [0.717, 1.165) is 11.1 Å². The first-order valence-electron chi connectivity index (χ1n) is 5.42. The lowest BCUT2D eigenvalue weighted by Crippen LogP contribution is -2.42. The summed E-state index contributed by atoms with van der Waals surface area (Å²) in [6.07, 6.45) is 2.82. The quantitative estimate of drug-likeness (QED) is 0.666. The smallest absolute Gasteiger partial charge is 0.328 e. The van der Waals surface area contributed by atoms with Crippen LogP contribution in [0.1, 0.15) is 11.1 Å². The third-order valence-electron chi connectivity index (χ3n) is 2.27. The van der Waals surface area contributed by atoms with Crippen LogP contribution in [-0.2, 0) is 9.59 Å². The van der Waals surface area contributed by atoms with E-state index in [-0.39, 0.29) is 0 Å². The molecule has 18 heavy (non-hydrogen) atoms. The number of aryl methyl sites for hydroxylation is 1. The molecule has 3 N–H and O–H groups in total. The predicted octanol–water partition coefficient (Wildman–Crippen LogP) is 0.570. The van der Waals surface area contributed by atoms with Crippen LogP contribution >= 0.6 is 0 Å². The Kier molecular flexibility index (Phi) is 5.07. The number of rotatable bonds is 5. The van der Waals surface area contributed by atoms with Gasteiger partial charge in [-0.3, -0.25) is 4.79 Å². The number of carbonyl (C=O) groups is 2. The fraction of sp³-hybridized carbons (Fsp3) is 0.231. The van der Waals surface area contributed by atoms with Crippen LogP contribution in [0.3, 0.4) is 0 Å². The van der Waals surface area contributed by atoms with E-state index in [4.69, 9.17) is 10.2 Å². The van der Waals surface area contributed by atoms with Gasteiger partial charge < -0.3 is 15.5 Å².